The van der Waals surface area contributed by atoms with Gasteiger partial charge in [0.1, 0.15) is 10.1 Å². The molecule has 4 rings (SSSR count). The molecule has 10 heteroatoms. The van der Waals surface area contributed by atoms with Crippen LogP contribution in [0.2, 0.25) is 0 Å². The molecular weight excluding hydrogens is 486 g/mol. The van der Waals surface area contributed by atoms with Crippen LogP contribution < -0.4 is 10.1 Å². The van der Waals surface area contributed by atoms with E-state index in [9.17, 15) is 14.4 Å². The fourth-order valence-corrected chi connectivity index (χ4v) is 5.30. The predicted molar refractivity (Wildman–Crippen MR) is 138 cm³/mol. The van der Waals surface area contributed by atoms with Gasteiger partial charge in [-0.05, 0) is 48.7 Å². The number of thioether (sulfide) groups is 1. The minimum atomic E-state index is -0.814. The molecule has 1 aromatic heterocycles. The van der Waals surface area contributed by atoms with Gasteiger partial charge in [0.15, 0.2) is 0 Å². The highest BCUT2D eigenvalue weighted by Crippen LogP contribution is 2.35. The lowest BCUT2D eigenvalue weighted by Crippen LogP contribution is -2.29. The van der Waals surface area contributed by atoms with Crippen molar-refractivity contribution in [1.82, 2.24) is 15.2 Å². The van der Waals surface area contributed by atoms with E-state index >= 15 is 0 Å². The SMILES string of the molecule is CNC(=O)c1cc(-c2cccc(C=C3SC(=S)N(CCCCCC(=O)O)C3=O)n2)cc2c1OCC2. The van der Waals surface area contributed by atoms with Gasteiger partial charge in [-0.15, -0.1) is 0 Å². The zero-order valence-corrected chi connectivity index (χ0v) is 20.8. The summed E-state index contributed by atoms with van der Waals surface area (Å²) in [4.78, 5) is 42.7. The van der Waals surface area contributed by atoms with E-state index in [2.05, 4.69) is 5.32 Å². The highest BCUT2D eigenvalue weighted by atomic mass is 32.2. The molecule has 182 valence electrons. The maximum Gasteiger partial charge on any atom is 0.303 e. The number of carbonyl (C=O) groups is 3. The Labute approximate surface area is 212 Å². The van der Waals surface area contributed by atoms with Crippen molar-refractivity contribution in [2.24, 2.45) is 0 Å². The highest BCUT2D eigenvalue weighted by molar-refractivity contribution is 8.26. The topological polar surface area (TPSA) is 109 Å². The molecule has 0 spiro atoms. The van der Waals surface area contributed by atoms with Crippen LogP contribution >= 0.6 is 24.0 Å². The number of pyridine rings is 1. The fraction of sp³-hybridized carbons (Fsp3) is 0.320. The van der Waals surface area contributed by atoms with Gasteiger partial charge in [0.2, 0.25) is 0 Å². The van der Waals surface area contributed by atoms with Crippen molar-refractivity contribution in [2.45, 2.75) is 32.1 Å². The number of fused-ring (bicyclic) bond motifs is 1. The van der Waals surface area contributed by atoms with Crippen LogP contribution in [0.4, 0.5) is 0 Å². The first-order valence-corrected chi connectivity index (χ1v) is 12.6. The number of rotatable bonds is 9. The molecule has 2 amide bonds. The van der Waals surface area contributed by atoms with Crippen molar-refractivity contribution in [3.63, 3.8) is 0 Å². The molecule has 35 heavy (non-hydrogen) atoms. The van der Waals surface area contributed by atoms with Gasteiger partial charge in [-0.2, -0.15) is 0 Å². The third-order valence-corrected chi connectivity index (χ3v) is 7.12. The smallest absolute Gasteiger partial charge is 0.303 e. The zero-order valence-electron chi connectivity index (χ0n) is 19.2. The van der Waals surface area contributed by atoms with E-state index in [0.29, 0.717) is 57.9 Å². The van der Waals surface area contributed by atoms with Crippen LogP contribution in [-0.4, -0.2) is 57.3 Å². The monoisotopic (exact) mass is 511 g/mol. The molecule has 8 nitrogen and oxygen atoms in total. The molecule has 0 aliphatic carbocycles. The predicted octanol–water partition coefficient (Wildman–Crippen LogP) is 3.89. The standard InChI is InChI=1S/C25H25N3O5S2/c1-26-23(31)18-13-16(12-15-9-11-33-22(15)18)19-7-5-6-17(27-19)14-20-24(32)28(25(34)35-20)10-4-2-3-8-21(29)30/h5-7,12-14H,2-4,8-11H2,1H3,(H,26,31)(H,29,30). The number of nitrogens with zero attached hydrogens (tertiary/aromatic N) is 2. The maximum atomic E-state index is 12.9. The summed E-state index contributed by atoms with van der Waals surface area (Å²) in [5, 5.41) is 11.4. The normalized spacial score (nSPS) is 15.9. The molecule has 0 unspecified atom stereocenters. The van der Waals surface area contributed by atoms with Crippen molar-refractivity contribution in [2.75, 3.05) is 20.2 Å². The third-order valence-electron chi connectivity index (χ3n) is 5.75. The molecule has 1 saturated heterocycles. The maximum absolute atomic E-state index is 12.9. The molecule has 1 aromatic carbocycles. The lowest BCUT2D eigenvalue weighted by atomic mass is 10.0. The first-order chi connectivity index (χ1) is 16.9. The second-order valence-corrected chi connectivity index (χ2v) is 9.85. The molecule has 2 aliphatic rings. The van der Waals surface area contributed by atoms with Gasteiger partial charge in [0.25, 0.3) is 11.8 Å². The van der Waals surface area contributed by atoms with Crippen LogP contribution in [0, 0.1) is 0 Å². The Morgan fingerprint density at radius 1 is 1.29 bits per heavy atom. The Kier molecular flexibility index (Phi) is 7.82. The fourth-order valence-electron chi connectivity index (χ4n) is 4.00. The molecule has 0 atom stereocenters. The summed E-state index contributed by atoms with van der Waals surface area (Å²) in [5.41, 5.74) is 3.55. The summed E-state index contributed by atoms with van der Waals surface area (Å²) in [6, 6.07) is 9.31. The van der Waals surface area contributed by atoms with E-state index in [0.717, 1.165) is 24.0 Å². The number of ether oxygens (including phenoxy) is 1. The first-order valence-electron chi connectivity index (χ1n) is 11.3. The van der Waals surface area contributed by atoms with E-state index in [-0.39, 0.29) is 18.2 Å². The van der Waals surface area contributed by atoms with Gasteiger partial charge in [-0.25, -0.2) is 4.98 Å². The number of carboxylic acids is 1. The van der Waals surface area contributed by atoms with Crippen molar-refractivity contribution >= 4 is 52.2 Å². The number of thiocarbonyl (C=S) groups is 1. The molecule has 1 fully saturated rings. The van der Waals surface area contributed by atoms with Gasteiger partial charge in [-0.3, -0.25) is 19.3 Å². The average molecular weight is 512 g/mol. The van der Waals surface area contributed by atoms with Crippen molar-refractivity contribution < 1.29 is 24.2 Å². The van der Waals surface area contributed by atoms with E-state index in [1.54, 1.807) is 24.1 Å². The summed E-state index contributed by atoms with van der Waals surface area (Å²) >= 11 is 6.63. The molecule has 2 aromatic rings. The lowest BCUT2D eigenvalue weighted by Gasteiger charge is -2.13. The minimum Gasteiger partial charge on any atom is -0.492 e. The molecule has 0 saturated carbocycles. The number of carbonyl (C=O) groups excluding carboxylic acids is 2. The van der Waals surface area contributed by atoms with Crippen molar-refractivity contribution in [3.05, 3.63) is 52.1 Å². The number of hydrogen-bond acceptors (Lipinski definition) is 7. The molecule has 0 bridgehead atoms. The molecule has 3 heterocycles. The first kappa shape index (κ1) is 24.9. The van der Waals surface area contributed by atoms with Gasteiger partial charge in [0, 0.05) is 32.0 Å². The molecular formula is C25H25N3O5S2. The van der Waals surface area contributed by atoms with E-state index in [1.807, 2.05) is 24.3 Å². The van der Waals surface area contributed by atoms with E-state index < -0.39 is 5.97 Å². The van der Waals surface area contributed by atoms with E-state index in [1.165, 1.54) is 11.8 Å². The number of aliphatic carboxylic acids is 1. The number of benzene rings is 1. The summed E-state index contributed by atoms with van der Waals surface area (Å²) < 4.78 is 6.16. The van der Waals surface area contributed by atoms with E-state index in [4.69, 9.17) is 27.0 Å². The van der Waals surface area contributed by atoms with Gasteiger partial charge in [0.05, 0.1) is 28.5 Å². The largest absolute Gasteiger partial charge is 0.492 e. The Morgan fingerprint density at radius 2 is 2.11 bits per heavy atom. The third kappa shape index (κ3) is 5.71. The highest BCUT2D eigenvalue weighted by Gasteiger charge is 2.31. The number of unbranched alkanes of at least 4 members (excludes halogenated alkanes) is 2. The summed E-state index contributed by atoms with van der Waals surface area (Å²) in [5.74, 6) is -0.572. The van der Waals surface area contributed by atoms with Crippen LogP contribution in [0.3, 0.4) is 0 Å². The minimum absolute atomic E-state index is 0.127. The van der Waals surface area contributed by atoms with Crippen LogP contribution in [0.15, 0.2) is 35.2 Å². The number of hydrogen-bond donors (Lipinski definition) is 2. The van der Waals surface area contributed by atoms with Crippen molar-refractivity contribution in [1.29, 1.82) is 0 Å². The zero-order chi connectivity index (χ0) is 24.9. The molecule has 2 N–H and O–H groups in total. The number of amides is 2. The Hall–Kier alpha value is -3.24. The second-order valence-electron chi connectivity index (χ2n) is 8.18. The van der Waals surface area contributed by atoms with Gasteiger partial charge >= 0.3 is 5.97 Å². The van der Waals surface area contributed by atoms with Crippen LogP contribution in [-0.2, 0) is 16.0 Å². The quantitative estimate of drug-likeness (QED) is 0.297. The van der Waals surface area contributed by atoms with Crippen molar-refractivity contribution in [3.8, 4) is 17.0 Å². The summed E-state index contributed by atoms with van der Waals surface area (Å²) in [6.07, 6.45) is 4.57. The van der Waals surface area contributed by atoms with Crippen LogP contribution in [0.1, 0.15) is 47.3 Å². The Balaban J connectivity index is 1.51. The second kappa shape index (κ2) is 11.0. The number of aromatic nitrogens is 1. The Bertz CT molecular complexity index is 1230. The Morgan fingerprint density at radius 3 is 2.89 bits per heavy atom. The lowest BCUT2D eigenvalue weighted by molar-refractivity contribution is -0.137. The summed E-state index contributed by atoms with van der Waals surface area (Å²) in [6.45, 7) is 1.01. The molecule has 2 aliphatic heterocycles. The van der Waals surface area contributed by atoms with Gasteiger partial charge < -0.3 is 15.2 Å². The van der Waals surface area contributed by atoms with Crippen LogP contribution in [0.25, 0.3) is 17.3 Å². The van der Waals surface area contributed by atoms with Gasteiger partial charge in [-0.1, -0.05) is 36.5 Å². The number of nitrogens with one attached hydrogen (secondary N) is 1. The summed E-state index contributed by atoms with van der Waals surface area (Å²) in [7, 11) is 1.58. The van der Waals surface area contributed by atoms with Crippen LogP contribution in [0.5, 0.6) is 5.75 Å². The average Bonchev–Trinajstić information content (AvgIpc) is 3.42. The molecule has 0 radical (unpaired) electrons. The number of carboxylic acid groups (broad SMARTS) is 1.